The second-order valence-corrected chi connectivity index (χ2v) is 7.05. The van der Waals surface area contributed by atoms with Crippen LogP contribution in [0, 0.1) is 0 Å². The van der Waals surface area contributed by atoms with Crippen molar-refractivity contribution in [3.05, 3.63) is 59.3 Å². The van der Waals surface area contributed by atoms with Crippen molar-refractivity contribution >= 4 is 36.2 Å². The number of fused-ring (bicyclic) bond motifs is 2. The van der Waals surface area contributed by atoms with E-state index in [1.165, 1.54) is 12.4 Å². The van der Waals surface area contributed by atoms with Crippen LogP contribution >= 0.6 is 0 Å². The van der Waals surface area contributed by atoms with E-state index in [1.54, 1.807) is 24.3 Å². The molecule has 0 fully saturated rings. The summed E-state index contributed by atoms with van der Waals surface area (Å²) in [7, 11) is 0. The SMILES string of the molecule is FC(F)(F)c1c2ccccc2cc2c(-c3ccc[se]3)ncnc12. The van der Waals surface area contributed by atoms with E-state index in [-0.39, 0.29) is 25.4 Å². The van der Waals surface area contributed by atoms with E-state index in [0.29, 0.717) is 16.5 Å². The fourth-order valence-corrected chi connectivity index (χ4v) is 4.30. The van der Waals surface area contributed by atoms with E-state index in [1.807, 2.05) is 17.1 Å². The molecule has 0 radical (unpaired) electrons. The molecule has 23 heavy (non-hydrogen) atoms. The average Bonchev–Trinajstić information content (AvgIpc) is 3.05. The molecule has 0 bridgehead atoms. The summed E-state index contributed by atoms with van der Waals surface area (Å²) in [6, 6.07) is 12.1. The monoisotopic (exact) mass is 378 g/mol. The predicted octanol–water partition coefficient (Wildman–Crippen LogP) is 4.53. The molecule has 0 atom stereocenters. The van der Waals surface area contributed by atoms with Gasteiger partial charge in [-0.3, -0.25) is 0 Å². The van der Waals surface area contributed by atoms with Gasteiger partial charge in [0.2, 0.25) is 0 Å². The first-order valence-corrected chi connectivity index (χ1v) is 8.68. The van der Waals surface area contributed by atoms with Gasteiger partial charge >= 0.3 is 135 Å². The predicted molar refractivity (Wildman–Crippen MR) is 84.4 cm³/mol. The zero-order valence-corrected chi connectivity index (χ0v) is 13.3. The summed E-state index contributed by atoms with van der Waals surface area (Å²) in [4.78, 5) is 10.2. The Labute approximate surface area is 135 Å². The number of hydrogen-bond donors (Lipinski definition) is 0. The van der Waals surface area contributed by atoms with Crippen molar-refractivity contribution in [2.24, 2.45) is 0 Å². The van der Waals surface area contributed by atoms with Crippen LogP contribution in [0.2, 0.25) is 0 Å². The molecule has 0 amide bonds. The minimum atomic E-state index is -4.47. The maximum absolute atomic E-state index is 13.7. The molecule has 0 spiro atoms. The van der Waals surface area contributed by atoms with Gasteiger partial charge in [0.1, 0.15) is 0 Å². The fraction of sp³-hybridized carbons (Fsp3) is 0.0588. The van der Waals surface area contributed by atoms with Crippen molar-refractivity contribution < 1.29 is 13.2 Å². The normalized spacial score (nSPS) is 12.1. The van der Waals surface area contributed by atoms with E-state index in [2.05, 4.69) is 9.97 Å². The Kier molecular flexibility index (Phi) is 3.25. The van der Waals surface area contributed by atoms with Crippen LogP contribution in [0.4, 0.5) is 13.2 Å². The Morgan fingerprint density at radius 1 is 0.913 bits per heavy atom. The molecule has 2 heterocycles. The molecule has 2 aromatic heterocycles. The third-order valence-corrected chi connectivity index (χ3v) is 5.53. The van der Waals surface area contributed by atoms with E-state index >= 15 is 0 Å². The molecule has 4 aromatic rings. The first kappa shape index (κ1) is 14.4. The molecule has 0 saturated carbocycles. The summed E-state index contributed by atoms with van der Waals surface area (Å²) in [5, 5.41) is 1.17. The van der Waals surface area contributed by atoms with Crippen LogP contribution in [-0.2, 0) is 6.18 Å². The standard InChI is InChI=1S/C17H9F3N2Se/c18-17(19,20)14-11-5-2-1-4-10(11)8-12-15(13-6-3-7-23-13)21-9-22-16(12)14/h1-9H. The second kappa shape index (κ2) is 5.18. The van der Waals surface area contributed by atoms with E-state index < -0.39 is 11.7 Å². The number of rotatable bonds is 1. The van der Waals surface area contributed by atoms with Crippen LogP contribution in [0.15, 0.2) is 53.7 Å². The number of benzene rings is 2. The van der Waals surface area contributed by atoms with Crippen LogP contribution in [0.3, 0.4) is 0 Å². The summed E-state index contributed by atoms with van der Waals surface area (Å²) in [6.45, 7) is 0. The Balaban J connectivity index is 2.21. The van der Waals surface area contributed by atoms with Crippen molar-refractivity contribution in [1.82, 2.24) is 9.97 Å². The van der Waals surface area contributed by atoms with Gasteiger partial charge in [0, 0.05) is 0 Å². The third-order valence-electron chi connectivity index (χ3n) is 3.69. The minimum absolute atomic E-state index is 0.0372. The molecule has 0 N–H and O–H groups in total. The van der Waals surface area contributed by atoms with Crippen LogP contribution < -0.4 is 0 Å². The van der Waals surface area contributed by atoms with Gasteiger partial charge in [-0.05, 0) is 0 Å². The second-order valence-electron chi connectivity index (χ2n) is 5.07. The van der Waals surface area contributed by atoms with Gasteiger partial charge in [-0.1, -0.05) is 0 Å². The first-order chi connectivity index (χ1) is 11.1. The summed E-state index contributed by atoms with van der Waals surface area (Å²) >= 11 is 0.0886. The molecule has 0 aliphatic carbocycles. The molecule has 0 saturated heterocycles. The zero-order chi connectivity index (χ0) is 16.0. The molecule has 2 aromatic carbocycles. The number of halogens is 3. The first-order valence-electron chi connectivity index (χ1n) is 6.83. The van der Waals surface area contributed by atoms with Gasteiger partial charge in [-0.25, -0.2) is 0 Å². The Morgan fingerprint density at radius 3 is 2.48 bits per heavy atom. The molecule has 0 aliphatic heterocycles. The molecular formula is C17H9F3N2Se. The number of aromatic nitrogens is 2. The maximum atomic E-state index is 13.7. The Morgan fingerprint density at radius 2 is 1.74 bits per heavy atom. The topological polar surface area (TPSA) is 25.8 Å². The van der Waals surface area contributed by atoms with Crippen molar-refractivity contribution in [3.8, 4) is 10.1 Å². The van der Waals surface area contributed by atoms with Crippen LogP contribution in [0.1, 0.15) is 5.56 Å². The number of nitrogens with zero attached hydrogens (tertiary/aromatic N) is 2. The number of alkyl halides is 3. The molecule has 2 nitrogen and oxygen atoms in total. The van der Waals surface area contributed by atoms with Crippen LogP contribution in [0.5, 0.6) is 0 Å². The molecule has 114 valence electrons. The van der Waals surface area contributed by atoms with Crippen molar-refractivity contribution in [2.45, 2.75) is 6.18 Å². The zero-order valence-electron chi connectivity index (χ0n) is 11.6. The molecule has 4 rings (SSSR count). The summed E-state index contributed by atoms with van der Waals surface area (Å²) < 4.78 is 42.0. The third kappa shape index (κ3) is 2.35. The van der Waals surface area contributed by atoms with E-state index in [9.17, 15) is 13.2 Å². The average molecular weight is 377 g/mol. The summed E-state index contributed by atoms with van der Waals surface area (Å²) in [5.74, 6) is 0. The van der Waals surface area contributed by atoms with E-state index in [0.717, 1.165) is 4.44 Å². The Bertz CT molecular complexity index is 1010. The van der Waals surface area contributed by atoms with E-state index in [4.69, 9.17) is 0 Å². The van der Waals surface area contributed by atoms with Gasteiger partial charge < -0.3 is 0 Å². The molecular weight excluding hydrogens is 368 g/mol. The quantitative estimate of drug-likeness (QED) is 0.360. The van der Waals surface area contributed by atoms with Gasteiger partial charge in [0.25, 0.3) is 0 Å². The Hall–Kier alpha value is -2.17. The summed E-state index contributed by atoms with van der Waals surface area (Å²) in [5.41, 5.74) is -0.130. The molecule has 0 unspecified atom stereocenters. The van der Waals surface area contributed by atoms with Crippen LogP contribution in [0.25, 0.3) is 31.8 Å². The molecule has 6 heteroatoms. The van der Waals surface area contributed by atoms with Gasteiger partial charge in [0.05, 0.1) is 0 Å². The van der Waals surface area contributed by atoms with Gasteiger partial charge in [-0.2, -0.15) is 0 Å². The van der Waals surface area contributed by atoms with Crippen molar-refractivity contribution in [3.63, 3.8) is 0 Å². The fourth-order valence-electron chi connectivity index (χ4n) is 2.76. The summed E-state index contributed by atoms with van der Waals surface area (Å²) in [6.07, 6.45) is -3.25. The van der Waals surface area contributed by atoms with Crippen LogP contribution in [-0.4, -0.2) is 24.5 Å². The number of hydrogen-bond acceptors (Lipinski definition) is 2. The van der Waals surface area contributed by atoms with Crippen molar-refractivity contribution in [2.75, 3.05) is 0 Å². The van der Waals surface area contributed by atoms with Crippen molar-refractivity contribution in [1.29, 1.82) is 0 Å². The van der Waals surface area contributed by atoms with Gasteiger partial charge in [0.15, 0.2) is 0 Å². The van der Waals surface area contributed by atoms with Gasteiger partial charge in [-0.15, -0.1) is 0 Å². The molecule has 0 aliphatic rings.